The van der Waals surface area contributed by atoms with Gasteiger partial charge in [-0.05, 0) is 6.07 Å². The Bertz CT molecular complexity index is 1010. The van der Waals surface area contributed by atoms with Gasteiger partial charge in [0.05, 0.1) is 15.9 Å². The third kappa shape index (κ3) is 4.13. The van der Waals surface area contributed by atoms with Gasteiger partial charge in [-0.25, -0.2) is 0 Å². The monoisotopic (exact) mass is 529 g/mol. The van der Waals surface area contributed by atoms with Crippen molar-refractivity contribution in [1.29, 1.82) is 0 Å². The van der Waals surface area contributed by atoms with Crippen molar-refractivity contribution >= 4 is 23.0 Å². The van der Waals surface area contributed by atoms with Crippen molar-refractivity contribution in [2.45, 2.75) is 35.8 Å². The maximum atomic E-state index is 13.8. The number of nitro benzene ring substituents is 2. The SMILES string of the molecule is O=C(Nc1ccc([N+](=O)[O-])cc1[N+](=O)[O-])C(F)(F)C(F)(F)C(F)(F)C(F)(F)C(F)(F)C(F)(F)F. The molecule has 0 bridgehead atoms. The van der Waals surface area contributed by atoms with Crippen molar-refractivity contribution in [3.63, 3.8) is 0 Å². The lowest BCUT2D eigenvalue weighted by atomic mass is 9.93. The highest BCUT2D eigenvalue weighted by atomic mass is 19.4. The molecule has 192 valence electrons. The maximum Gasteiger partial charge on any atom is 0.460 e. The Morgan fingerprint density at radius 1 is 0.706 bits per heavy atom. The number of nitrogens with zero attached hydrogens (tertiary/aromatic N) is 2. The molecule has 0 fully saturated rings. The molecular formula is C13H4F13N3O5. The minimum absolute atomic E-state index is 0.0347. The number of hydrogen-bond acceptors (Lipinski definition) is 5. The summed E-state index contributed by atoms with van der Waals surface area (Å²) in [5.41, 5.74) is -4.48. The molecule has 0 saturated carbocycles. The second-order valence-corrected chi connectivity index (χ2v) is 6.04. The molecule has 0 aliphatic heterocycles. The fourth-order valence-electron chi connectivity index (χ4n) is 2.00. The zero-order valence-corrected chi connectivity index (χ0v) is 15.1. The summed E-state index contributed by atoms with van der Waals surface area (Å²) in [5, 5.41) is 21.8. The predicted octanol–water partition coefficient (Wildman–Crippen LogP) is 5.18. The lowest BCUT2D eigenvalue weighted by Gasteiger charge is -2.39. The summed E-state index contributed by atoms with van der Waals surface area (Å²) in [6.07, 6.45) is -7.65. The molecule has 0 heterocycles. The second kappa shape index (κ2) is 8.11. The molecule has 21 heteroatoms. The van der Waals surface area contributed by atoms with Crippen LogP contribution in [0.2, 0.25) is 0 Å². The number of non-ortho nitro benzene ring substituents is 1. The summed E-state index contributed by atoms with van der Waals surface area (Å²) in [4.78, 5) is 29.8. The molecule has 0 unspecified atom stereocenters. The predicted molar refractivity (Wildman–Crippen MR) is 79.2 cm³/mol. The van der Waals surface area contributed by atoms with Gasteiger partial charge in [0, 0.05) is 6.07 Å². The van der Waals surface area contributed by atoms with E-state index in [1.54, 1.807) is 0 Å². The van der Waals surface area contributed by atoms with Crippen molar-refractivity contribution in [3.8, 4) is 0 Å². The van der Waals surface area contributed by atoms with E-state index in [1.165, 1.54) is 0 Å². The van der Waals surface area contributed by atoms with Crippen LogP contribution in [-0.2, 0) is 4.79 Å². The Hall–Kier alpha value is -3.42. The van der Waals surface area contributed by atoms with Gasteiger partial charge < -0.3 is 5.32 Å². The number of nitrogens with one attached hydrogen (secondary N) is 1. The van der Waals surface area contributed by atoms with E-state index in [1.807, 2.05) is 0 Å². The van der Waals surface area contributed by atoms with E-state index in [0.717, 1.165) is 0 Å². The Morgan fingerprint density at radius 2 is 1.15 bits per heavy atom. The summed E-state index contributed by atoms with van der Waals surface area (Å²) in [5.74, 6) is -43.5. The lowest BCUT2D eigenvalue weighted by Crippen LogP contribution is -2.71. The van der Waals surface area contributed by atoms with Crippen LogP contribution in [-0.4, -0.2) is 51.5 Å². The fraction of sp³-hybridized carbons (Fsp3) is 0.462. The molecule has 1 aromatic rings. The van der Waals surface area contributed by atoms with Gasteiger partial charge in [0.2, 0.25) is 0 Å². The molecule has 1 amide bonds. The van der Waals surface area contributed by atoms with E-state index in [2.05, 4.69) is 0 Å². The number of amides is 1. The smallest absolute Gasteiger partial charge is 0.315 e. The molecule has 8 nitrogen and oxygen atoms in total. The van der Waals surface area contributed by atoms with Crippen LogP contribution in [0.15, 0.2) is 18.2 Å². The molecule has 0 aliphatic rings. The number of hydrogen-bond donors (Lipinski definition) is 1. The van der Waals surface area contributed by atoms with Gasteiger partial charge in [-0.3, -0.25) is 25.0 Å². The molecule has 0 atom stereocenters. The number of rotatable bonds is 8. The normalized spacial score (nSPS) is 14.0. The van der Waals surface area contributed by atoms with Crippen LogP contribution in [0.1, 0.15) is 0 Å². The second-order valence-electron chi connectivity index (χ2n) is 6.04. The van der Waals surface area contributed by atoms with Crippen LogP contribution in [0, 0.1) is 20.2 Å². The molecule has 34 heavy (non-hydrogen) atoms. The minimum Gasteiger partial charge on any atom is -0.315 e. The zero-order chi connectivity index (χ0) is 27.3. The molecule has 0 saturated heterocycles. The third-order valence-electron chi connectivity index (χ3n) is 3.86. The van der Waals surface area contributed by atoms with E-state index in [9.17, 15) is 82.1 Å². The van der Waals surface area contributed by atoms with Gasteiger partial charge >= 0.3 is 41.7 Å². The molecule has 0 aromatic heterocycles. The van der Waals surface area contributed by atoms with Crippen molar-refractivity contribution in [2.24, 2.45) is 0 Å². The van der Waals surface area contributed by atoms with Crippen molar-refractivity contribution < 1.29 is 71.7 Å². The van der Waals surface area contributed by atoms with Crippen LogP contribution in [0.25, 0.3) is 0 Å². The maximum absolute atomic E-state index is 13.8. The summed E-state index contributed by atoms with van der Waals surface area (Å²) < 4.78 is 169. The molecular weight excluding hydrogens is 525 g/mol. The summed E-state index contributed by atoms with van der Waals surface area (Å²) >= 11 is 0. The van der Waals surface area contributed by atoms with E-state index in [4.69, 9.17) is 0 Å². The van der Waals surface area contributed by atoms with Crippen LogP contribution < -0.4 is 5.32 Å². The first-order valence-corrected chi connectivity index (χ1v) is 7.58. The van der Waals surface area contributed by atoms with Crippen LogP contribution in [0.3, 0.4) is 0 Å². The largest absolute Gasteiger partial charge is 0.460 e. The van der Waals surface area contributed by atoms with Crippen molar-refractivity contribution in [2.75, 3.05) is 5.32 Å². The summed E-state index contributed by atoms with van der Waals surface area (Å²) in [7, 11) is 0. The van der Waals surface area contributed by atoms with E-state index >= 15 is 0 Å². The highest BCUT2D eigenvalue weighted by molar-refractivity contribution is 5.99. The number of nitro groups is 2. The molecule has 0 radical (unpaired) electrons. The topological polar surface area (TPSA) is 115 Å². The summed E-state index contributed by atoms with van der Waals surface area (Å²) in [6, 6.07) is 0.205. The minimum atomic E-state index is -8.25. The Kier molecular flexibility index (Phi) is 6.83. The number of benzene rings is 1. The Morgan fingerprint density at radius 3 is 1.53 bits per heavy atom. The Balaban J connectivity index is 3.52. The van der Waals surface area contributed by atoms with Gasteiger partial charge in [-0.2, -0.15) is 57.1 Å². The number of alkyl halides is 13. The standard InChI is InChI=1S/C13H4F13N3O5/c14-8(15,7(30)27-5-2-1-4(28(31)32)3-6(5)29(33)34)9(16,17)10(18,19)11(20,21)12(22,23)13(24,25)26/h1-3H,(H,27,30). The highest BCUT2D eigenvalue weighted by Crippen LogP contribution is 2.60. The summed E-state index contributed by atoms with van der Waals surface area (Å²) in [6.45, 7) is 0. The zero-order valence-electron chi connectivity index (χ0n) is 15.1. The van der Waals surface area contributed by atoms with Gasteiger partial charge in [0.1, 0.15) is 5.69 Å². The number of anilines is 1. The average molecular weight is 529 g/mol. The van der Waals surface area contributed by atoms with Gasteiger partial charge in [0.15, 0.2) is 0 Å². The number of halogens is 13. The molecule has 1 rings (SSSR count). The van der Waals surface area contributed by atoms with Crippen molar-refractivity contribution in [3.05, 3.63) is 38.4 Å². The molecule has 1 N–H and O–H groups in total. The fourth-order valence-corrected chi connectivity index (χ4v) is 2.00. The van der Waals surface area contributed by atoms with Gasteiger partial charge in [-0.1, -0.05) is 0 Å². The van der Waals surface area contributed by atoms with Gasteiger partial charge in [-0.15, -0.1) is 0 Å². The quantitative estimate of drug-likeness (QED) is 0.283. The Labute approximate surface area is 175 Å². The first-order chi connectivity index (χ1) is 14.9. The van der Waals surface area contributed by atoms with E-state index in [0.29, 0.717) is 5.32 Å². The molecule has 0 spiro atoms. The average Bonchev–Trinajstić information content (AvgIpc) is 2.66. The number of carbonyl (C=O) groups excluding carboxylic acids is 1. The van der Waals surface area contributed by atoms with Crippen LogP contribution in [0.4, 0.5) is 74.1 Å². The third-order valence-corrected chi connectivity index (χ3v) is 3.86. The van der Waals surface area contributed by atoms with Crippen LogP contribution in [0.5, 0.6) is 0 Å². The van der Waals surface area contributed by atoms with Gasteiger partial charge in [0.25, 0.3) is 11.4 Å². The molecule has 1 aromatic carbocycles. The first-order valence-electron chi connectivity index (χ1n) is 7.58. The van der Waals surface area contributed by atoms with Crippen molar-refractivity contribution in [1.82, 2.24) is 0 Å². The molecule has 0 aliphatic carbocycles. The van der Waals surface area contributed by atoms with Crippen LogP contribution >= 0.6 is 0 Å². The van der Waals surface area contributed by atoms with E-state index in [-0.39, 0.29) is 18.2 Å². The first kappa shape index (κ1) is 28.6. The highest BCUT2D eigenvalue weighted by Gasteiger charge is 2.91. The lowest BCUT2D eigenvalue weighted by molar-refractivity contribution is -0.435. The van der Waals surface area contributed by atoms with E-state index < -0.39 is 68.6 Å². The number of carbonyl (C=O) groups is 1.